The summed E-state index contributed by atoms with van der Waals surface area (Å²) in [6.45, 7) is 0. The van der Waals surface area contributed by atoms with Crippen LogP contribution in [0.15, 0.2) is 36.7 Å². The number of rotatable bonds is 5. The number of imidazole rings is 1. The molecule has 0 spiro atoms. The van der Waals surface area contributed by atoms with Gasteiger partial charge in [0.2, 0.25) is 5.82 Å². The van der Waals surface area contributed by atoms with Gasteiger partial charge in [0, 0.05) is 30.6 Å². The Morgan fingerprint density at radius 2 is 2.00 bits per heavy atom. The van der Waals surface area contributed by atoms with Gasteiger partial charge in [0.1, 0.15) is 5.82 Å². The molecule has 8 heteroatoms. The second kappa shape index (κ2) is 6.12. The molecule has 1 saturated carbocycles. The van der Waals surface area contributed by atoms with Crippen LogP contribution < -0.4 is 5.32 Å². The van der Waals surface area contributed by atoms with Crippen molar-refractivity contribution in [2.45, 2.75) is 18.9 Å². The maximum absolute atomic E-state index is 12.6. The minimum absolute atomic E-state index is 0.0474. The maximum Gasteiger partial charge on any atom is 0.251 e. The van der Waals surface area contributed by atoms with Gasteiger partial charge in [0.05, 0.1) is 13.1 Å². The number of hydrogen-bond acceptors (Lipinski definition) is 5. The Bertz CT molecular complexity index is 892. The maximum atomic E-state index is 12.6. The van der Waals surface area contributed by atoms with Gasteiger partial charge in [0.15, 0.2) is 0 Å². The fraction of sp³-hybridized carbons (Fsp3) is 0.353. The molecule has 1 aromatic carbocycles. The monoisotopic (exact) mass is 337 g/mol. The standard InChI is InChI=1S/C17H19N7O/c1-23-10-9-18-16(23)14(11-3-4-11)19-17(25)13-7-5-12(6-8-13)15-20-22-24(2)21-15/h5-11,14H,3-4H2,1-2H3,(H,19,25). The summed E-state index contributed by atoms with van der Waals surface area (Å²) in [6, 6.07) is 7.18. The van der Waals surface area contributed by atoms with Crippen molar-refractivity contribution >= 4 is 5.91 Å². The van der Waals surface area contributed by atoms with Gasteiger partial charge >= 0.3 is 0 Å². The predicted molar refractivity (Wildman–Crippen MR) is 90.4 cm³/mol. The first-order valence-corrected chi connectivity index (χ1v) is 8.24. The molecule has 0 saturated heterocycles. The van der Waals surface area contributed by atoms with Gasteiger partial charge in [-0.05, 0) is 36.1 Å². The van der Waals surface area contributed by atoms with Crippen molar-refractivity contribution in [2.24, 2.45) is 20.0 Å². The molecule has 0 aliphatic heterocycles. The minimum Gasteiger partial charge on any atom is -0.342 e. The van der Waals surface area contributed by atoms with Gasteiger partial charge in [-0.2, -0.15) is 4.80 Å². The zero-order chi connectivity index (χ0) is 17.4. The van der Waals surface area contributed by atoms with Gasteiger partial charge in [-0.25, -0.2) is 4.98 Å². The van der Waals surface area contributed by atoms with Crippen molar-refractivity contribution in [1.29, 1.82) is 0 Å². The van der Waals surface area contributed by atoms with E-state index in [1.54, 1.807) is 25.4 Å². The molecular formula is C17H19N7O. The normalized spacial score (nSPS) is 15.1. The van der Waals surface area contributed by atoms with Crippen molar-refractivity contribution in [3.63, 3.8) is 0 Å². The van der Waals surface area contributed by atoms with Crippen molar-refractivity contribution in [1.82, 2.24) is 35.1 Å². The van der Waals surface area contributed by atoms with Crippen molar-refractivity contribution < 1.29 is 4.79 Å². The van der Waals surface area contributed by atoms with Gasteiger partial charge in [-0.1, -0.05) is 12.1 Å². The molecular weight excluding hydrogens is 318 g/mol. The van der Waals surface area contributed by atoms with Crippen LogP contribution in [-0.2, 0) is 14.1 Å². The lowest BCUT2D eigenvalue weighted by Crippen LogP contribution is -2.31. The lowest BCUT2D eigenvalue weighted by atomic mass is 10.1. The number of tetrazole rings is 1. The van der Waals surface area contributed by atoms with E-state index in [1.807, 2.05) is 29.9 Å². The zero-order valence-corrected chi connectivity index (χ0v) is 14.1. The average Bonchev–Trinajstić information content (AvgIpc) is 3.23. The number of hydrogen-bond donors (Lipinski definition) is 1. The summed E-state index contributed by atoms with van der Waals surface area (Å²) >= 11 is 0. The highest BCUT2D eigenvalue weighted by molar-refractivity contribution is 5.94. The number of carbonyl (C=O) groups excluding carboxylic acids is 1. The summed E-state index contributed by atoms with van der Waals surface area (Å²) in [5, 5.41) is 15.1. The Kier molecular flexibility index (Phi) is 3.79. The average molecular weight is 337 g/mol. The smallest absolute Gasteiger partial charge is 0.251 e. The number of amides is 1. The molecule has 2 aromatic heterocycles. The van der Waals surface area contributed by atoms with Crippen LogP contribution in [0.4, 0.5) is 0 Å². The third kappa shape index (κ3) is 3.15. The first-order valence-electron chi connectivity index (χ1n) is 8.24. The summed E-state index contributed by atoms with van der Waals surface area (Å²) in [4.78, 5) is 18.5. The quantitative estimate of drug-likeness (QED) is 0.762. The Morgan fingerprint density at radius 1 is 1.24 bits per heavy atom. The van der Waals surface area contributed by atoms with E-state index in [2.05, 4.69) is 25.7 Å². The highest BCUT2D eigenvalue weighted by atomic mass is 16.1. The number of carbonyl (C=O) groups is 1. The molecule has 4 rings (SSSR count). The van der Waals surface area contributed by atoms with Crippen LogP contribution in [0.25, 0.3) is 11.4 Å². The molecule has 0 bridgehead atoms. The lowest BCUT2D eigenvalue weighted by molar-refractivity contribution is 0.0929. The van der Waals surface area contributed by atoms with Crippen LogP contribution in [0.5, 0.6) is 0 Å². The first-order chi connectivity index (χ1) is 12.1. The topological polar surface area (TPSA) is 90.5 Å². The second-order valence-corrected chi connectivity index (χ2v) is 6.36. The van der Waals surface area contributed by atoms with E-state index in [0.29, 0.717) is 17.3 Å². The molecule has 1 atom stereocenters. The molecule has 1 N–H and O–H groups in total. The fourth-order valence-corrected chi connectivity index (χ4v) is 2.89. The minimum atomic E-state index is -0.0986. The van der Waals surface area contributed by atoms with Gasteiger partial charge < -0.3 is 9.88 Å². The van der Waals surface area contributed by atoms with Gasteiger partial charge in [-0.3, -0.25) is 4.79 Å². The molecule has 1 unspecified atom stereocenters. The molecule has 1 amide bonds. The van der Waals surface area contributed by atoms with Crippen LogP contribution in [0.2, 0.25) is 0 Å². The van der Waals surface area contributed by atoms with E-state index in [4.69, 9.17) is 0 Å². The predicted octanol–water partition coefficient (Wildman–Crippen LogP) is 1.49. The fourth-order valence-electron chi connectivity index (χ4n) is 2.89. The van der Waals surface area contributed by atoms with Gasteiger partial charge in [0.25, 0.3) is 5.91 Å². The van der Waals surface area contributed by atoms with Crippen LogP contribution in [0.1, 0.15) is 35.1 Å². The highest BCUT2D eigenvalue weighted by Crippen LogP contribution is 2.40. The van der Waals surface area contributed by atoms with E-state index in [1.165, 1.54) is 4.80 Å². The van der Waals surface area contributed by atoms with Crippen LogP contribution in [-0.4, -0.2) is 35.7 Å². The Balaban J connectivity index is 1.51. The number of aromatic nitrogens is 6. The van der Waals surface area contributed by atoms with Crippen molar-refractivity contribution in [2.75, 3.05) is 0 Å². The molecule has 25 heavy (non-hydrogen) atoms. The summed E-state index contributed by atoms with van der Waals surface area (Å²) in [5.74, 6) is 1.81. The third-order valence-electron chi connectivity index (χ3n) is 4.43. The molecule has 1 aliphatic rings. The highest BCUT2D eigenvalue weighted by Gasteiger charge is 2.35. The molecule has 0 radical (unpaired) electrons. The number of nitrogens with zero attached hydrogens (tertiary/aromatic N) is 6. The van der Waals surface area contributed by atoms with Crippen LogP contribution in [0, 0.1) is 5.92 Å². The van der Waals surface area contributed by atoms with Crippen molar-refractivity contribution in [3.05, 3.63) is 48.0 Å². The third-order valence-corrected chi connectivity index (χ3v) is 4.43. The molecule has 1 aliphatic carbocycles. The molecule has 2 heterocycles. The van der Waals surface area contributed by atoms with E-state index < -0.39 is 0 Å². The van der Waals surface area contributed by atoms with Crippen molar-refractivity contribution in [3.8, 4) is 11.4 Å². The molecule has 1 fully saturated rings. The van der Waals surface area contributed by atoms with E-state index >= 15 is 0 Å². The SMILES string of the molecule is Cn1nnc(-c2ccc(C(=O)NC(c3nccn3C)C3CC3)cc2)n1. The Hall–Kier alpha value is -3.03. The Morgan fingerprint density at radius 3 is 2.56 bits per heavy atom. The lowest BCUT2D eigenvalue weighted by Gasteiger charge is -2.18. The zero-order valence-electron chi connectivity index (χ0n) is 14.1. The van der Waals surface area contributed by atoms with E-state index in [9.17, 15) is 4.79 Å². The van der Waals surface area contributed by atoms with Crippen LogP contribution in [0.3, 0.4) is 0 Å². The van der Waals surface area contributed by atoms with E-state index in [0.717, 1.165) is 24.2 Å². The summed E-state index contributed by atoms with van der Waals surface area (Å²) in [7, 11) is 3.67. The summed E-state index contributed by atoms with van der Waals surface area (Å²) < 4.78 is 1.96. The van der Waals surface area contributed by atoms with Gasteiger partial charge in [-0.15, -0.1) is 10.2 Å². The van der Waals surface area contributed by atoms with E-state index in [-0.39, 0.29) is 11.9 Å². The molecule has 8 nitrogen and oxygen atoms in total. The summed E-state index contributed by atoms with van der Waals surface area (Å²) in [5.41, 5.74) is 1.43. The molecule has 128 valence electrons. The Labute approximate surface area is 144 Å². The largest absolute Gasteiger partial charge is 0.342 e. The second-order valence-electron chi connectivity index (χ2n) is 6.36. The summed E-state index contributed by atoms with van der Waals surface area (Å²) in [6.07, 6.45) is 5.91. The number of benzene rings is 1. The molecule has 3 aromatic rings. The number of aryl methyl sites for hydroxylation is 2. The first kappa shape index (κ1) is 15.5. The van der Waals surface area contributed by atoms with Crippen LogP contribution >= 0.6 is 0 Å². The number of nitrogens with one attached hydrogen (secondary N) is 1.